The van der Waals surface area contributed by atoms with E-state index in [4.69, 9.17) is 4.98 Å². The summed E-state index contributed by atoms with van der Waals surface area (Å²) in [6, 6.07) is 0.655. The summed E-state index contributed by atoms with van der Waals surface area (Å²) in [5.41, 5.74) is 1.32. The normalized spacial score (nSPS) is 22.0. The fourth-order valence-corrected chi connectivity index (χ4v) is 3.69. The number of imidazole rings is 1. The van der Waals surface area contributed by atoms with Crippen LogP contribution < -0.4 is 0 Å². The standard InChI is InChI=1S/C13H19N3S/c1-9(2)15-5-4-11(8-15)12-13-16(6-7-17-13)10(3)14-12/h6-7,9,11H,4-5,8H2,1-3H3. The molecule has 0 N–H and O–H groups in total. The van der Waals surface area contributed by atoms with Crippen LogP contribution in [0, 0.1) is 6.92 Å². The molecule has 0 spiro atoms. The maximum atomic E-state index is 4.77. The van der Waals surface area contributed by atoms with Gasteiger partial charge < -0.3 is 4.90 Å². The van der Waals surface area contributed by atoms with E-state index in [2.05, 4.69) is 41.6 Å². The summed E-state index contributed by atoms with van der Waals surface area (Å²) in [6.45, 7) is 9.04. The van der Waals surface area contributed by atoms with Gasteiger partial charge in [-0.2, -0.15) is 0 Å². The molecule has 1 aliphatic heterocycles. The molecule has 3 nitrogen and oxygen atoms in total. The van der Waals surface area contributed by atoms with Gasteiger partial charge in [-0.05, 0) is 33.7 Å². The first kappa shape index (κ1) is 11.2. The third kappa shape index (κ3) is 1.79. The highest BCUT2D eigenvalue weighted by atomic mass is 32.1. The molecule has 2 aromatic heterocycles. The second-order valence-electron chi connectivity index (χ2n) is 5.20. The topological polar surface area (TPSA) is 20.5 Å². The van der Waals surface area contributed by atoms with E-state index in [0.717, 1.165) is 5.82 Å². The molecule has 17 heavy (non-hydrogen) atoms. The van der Waals surface area contributed by atoms with Crippen LogP contribution in [0.3, 0.4) is 0 Å². The van der Waals surface area contributed by atoms with Crippen molar-refractivity contribution in [1.29, 1.82) is 0 Å². The Bertz CT molecular complexity index is 526. The van der Waals surface area contributed by atoms with Crippen LogP contribution in [0.25, 0.3) is 4.83 Å². The Labute approximate surface area is 106 Å². The Kier molecular flexibility index (Phi) is 2.71. The zero-order valence-corrected chi connectivity index (χ0v) is 11.5. The van der Waals surface area contributed by atoms with E-state index in [1.54, 1.807) is 0 Å². The minimum Gasteiger partial charge on any atom is -0.300 e. The van der Waals surface area contributed by atoms with Gasteiger partial charge in [0.15, 0.2) is 0 Å². The fraction of sp³-hybridized carbons (Fsp3) is 0.615. The minimum absolute atomic E-state index is 0.625. The largest absolute Gasteiger partial charge is 0.300 e. The number of thiazole rings is 1. The first-order valence-corrected chi connectivity index (χ1v) is 7.21. The van der Waals surface area contributed by atoms with Gasteiger partial charge in [-0.3, -0.25) is 4.40 Å². The van der Waals surface area contributed by atoms with E-state index >= 15 is 0 Å². The van der Waals surface area contributed by atoms with Gasteiger partial charge in [0.25, 0.3) is 0 Å². The van der Waals surface area contributed by atoms with Gasteiger partial charge in [0.2, 0.25) is 0 Å². The minimum atomic E-state index is 0.625. The molecule has 0 saturated carbocycles. The van der Waals surface area contributed by atoms with Crippen molar-refractivity contribution in [2.45, 2.75) is 39.2 Å². The molecule has 1 fully saturated rings. The van der Waals surface area contributed by atoms with Crippen LogP contribution in [0.4, 0.5) is 0 Å². The van der Waals surface area contributed by atoms with Crippen molar-refractivity contribution < 1.29 is 0 Å². The van der Waals surface area contributed by atoms with Gasteiger partial charge in [0, 0.05) is 30.1 Å². The maximum absolute atomic E-state index is 4.77. The van der Waals surface area contributed by atoms with E-state index in [-0.39, 0.29) is 0 Å². The van der Waals surface area contributed by atoms with Crippen LogP contribution in [0.5, 0.6) is 0 Å². The van der Waals surface area contributed by atoms with E-state index < -0.39 is 0 Å². The zero-order valence-electron chi connectivity index (χ0n) is 10.7. The molecular formula is C13H19N3S. The smallest absolute Gasteiger partial charge is 0.123 e. The van der Waals surface area contributed by atoms with E-state index in [9.17, 15) is 0 Å². The first-order chi connectivity index (χ1) is 8.16. The highest BCUT2D eigenvalue weighted by Gasteiger charge is 2.29. The average Bonchev–Trinajstić information content (AvgIpc) is 2.96. The number of nitrogens with zero attached hydrogens (tertiary/aromatic N) is 3. The van der Waals surface area contributed by atoms with E-state index in [1.807, 2.05) is 11.3 Å². The Morgan fingerprint density at radius 2 is 2.29 bits per heavy atom. The highest BCUT2D eigenvalue weighted by molar-refractivity contribution is 7.15. The molecule has 0 aromatic carbocycles. The molecule has 0 bridgehead atoms. The summed E-state index contributed by atoms with van der Waals surface area (Å²) < 4.78 is 2.22. The molecule has 3 heterocycles. The van der Waals surface area contributed by atoms with Crippen molar-refractivity contribution in [3.05, 3.63) is 23.1 Å². The van der Waals surface area contributed by atoms with Gasteiger partial charge in [-0.15, -0.1) is 11.3 Å². The fourth-order valence-electron chi connectivity index (χ4n) is 2.74. The van der Waals surface area contributed by atoms with Crippen molar-refractivity contribution in [3.8, 4) is 0 Å². The second-order valence-corrected chi connectivity index (χ2v) is 6.09. The maximum Gasteiger partial charge on any atom is 0.123 e. The van der Waals surface area contributed by atoms with Crippen molar-refractivity contribution in [2.75, 3.05) is 13.1 Å². The number of aromatic nitrogens is 2. The lowest BCUT2D eigenvalue weighted by atomic mass is 10.1. The summed E-state index contributed by atoms with van der Waals surface area (Å²) in [5, 5.41) is 2.16. The van der Waals surface area contributed by atoms with Crippen molar-refractivity contribution in [3.63, 3.8) is 0 Å². The van der Waals surface area contributed by atoms with Gasteiger partial charge in [-0.25, -0.2) is 4.98 Å². The highest BCUT2D eigenvalue weighted by Crippen LogP contribution is 2.32. The second kappa shape index (κ2) is 4.10. The van der Waals surface area contributed by atoms with Crippen LogP contribution in [-0.4, -0.2) is 33.4 Å². The zero-order chi connectivity index (χ0) is 12.0. The molecule has 92 valence electrons. The quantitative estimate of drug-likeness (QED) is 0.816. The molecule has 3 rings (SSSR count). The summed E-state index contributed by atoms with van der Waals surface area (Å²) in [5.74, 6) is 1.75. The Morgan fingerprint density at radius 3 is 3.00 bits per heavy atom. The molecule has 0 aliphatic carbocycles. The van der Waals surface area contributed by atoms with Gasteiger partial charge in [-0.1, -0.05) is 0 Å². The summed E-state index contributed by atoms with van der Waals surface area (Å²) in [6.07, 6.45) is 3.38. The summed E-state index contributed by atoms with van der Waals surface area (Å²) in [4.78, 5) is 8.67. The van der Waals surface area contributed by atoms with Crippen LogP contribution in [0.1, 0.15) is 37.7 Å². The molecule has 0 radical (unpaired) electrons. The summed E-state index contributed by atoms with van der Waals surface area (Å²) >= 11 is 1.81. The molecule has 1 unspecified atom stereocenters. The Balaban J connectivity index is 1.92. The lowest BCUT2D eigenvalue weighted by Gasteiger charge is -2.19. The first-order valence-electron chi connectivity index (χ1n) is 6.33. The number of fused-ring (bicyclic) bond motifs is 1. The molecule has 1 aliphatic rings. The van der Waals surface area contributed by atoms with E-state index in [0.29, 0.717) is 12.0 Å². The monoisotopic (exact) mass is 249 g/mol. The third-order valence-electron chi connectivity index (χ3n) is 3.80. The van der Waals surface area contributed by atoms with Crippen molar-refractivity contribution in [1.82, 2.24) is 14.3 Å². The molecule has 1 saturated heterocycles. The number of rotatable bonds is 2. The number of hydrogen-bond acceptors (Lipinski definition) is 3. The predicted octanol–water partition coefficient (Wildman–Crippen LogP) is 2.90. The molecule has 4 heteroatoms. The number of likely N-dealkylation sites (tertiary alicyclic amines) is 1. The molecule has 0 amide bonds. The van der Waals surface area contributed by atoms with E-state index in [1.165, 1.54) is 30.0 Å². The Morgan fingerprint density at radius 1 is 1.47 bits per heavy atom. The lowest BCUT2D eigenvalue weighted by molar-refractivity contribution is 0.272. The van der Waals surface area contributed by atoms with Crippen LogP contribution in [-0.2, 0) is 0 Å². The van der Waals surface area contributed by atoms with Gasteiger partial charge in [0.1, 0.15) is 10.7 Å². The number of hydrogen-bond donors (Lipinski definition) is 0. The molecule has 2 aromatic rings. The third-order valence-corrected chi connectivity index (χ3v) is 4.68. The van der Waals surface area contributed by atoms with Crippen molar-refractivity contribution >= 4 is 16.2 Å². The van der Waals surface area contributed by atoms with Crippen LogP contribution >= 0.6 is 11.3 Å². The van der Waals surface area contributed by atoms with Crippen molar-refractivity contribution in [2.24, 2.45) is 0 Å². The summed E-state index contributed by atoms with van der Waals surface area (Å²) in [7, 11) is 0. The van der Waals surface area contributed by atoms with Gasteiger partial charge >= 0.3 is 0 Å². The average molecular weight is 249 g/mol. The predicted molar refractivity (Wildman–Crippen MR) is 71.9 cm³/mol. The number of aryl methyl sites for hydroxylation is 1. The SMILES string of the molecule is Cc1nc(C2CCN(C(C)C)C2)c2sccn12. The molecule has 1 atom stereocenters. The molecular weight excluding hydrogens is 230 g/mol. The Hall–Kier alpha value is -0.870. The van der Waals surface area contributed by atoms with Crippen LogP contribution in [0.15, 0.2) is 11.6 Å². The lowest BCUT2D eigenvalue weighted by Crippen LogP contribution is -2.27. The van der Waals surface area contributed by atoms with Crippen LogP contribution in [0.2, 0.25) is 0 Å². The van der Waals surface area contributed by atoms with Gasteiger partial charge in [0.05, 0.1) is 5.69 Å².